The Morgan fingerprint density at radius 2 is 1.92 bits per heavy atom. The van der Waals surface area contributed by atoms with Crippen LogP contribution in [0.1, 0.15) is 18.9 Å². The molecule has 1 fully saturated rings. The molecule has 8 heteroatoms. The fourth-order valence-electron chi connectivity index (χ4n) is 2.79. The van der Waals surface area contributed by atoms with E-state index >= 15 is 0 Å². The number of nitrogens with one attached hydrogen (secondary N) is 1. The first-order chi connectivity index (χ1) is 11.8. The molecule has 0 aromatic heterocycles. The van der Waals surface area contributed by atoms with E-state index in [0.29, 0.717) is 30.3 Å². The van der Waals surface area contributed by atoms with Crippen molar-refractivity contribution >= 4 is 17.8 Å². The molecule has 134 valence electrons. The van der Waals surface area contributed by atoms with Crippen LogP contribution < -0.4 is 14.8 Å². The minimum atomic E-state index is -1.26. The van der Waals surface area contributed by atoms with Gasteiger partial charge in [-0.15, -0.1) is 0 Å². The molecule has 0 radical (unpaired) electrons. The van der Waals surface area contributed by atoms with Crippen molar-refractivity contribution in [3.63, 3.8) is 0 Å². The Hall–Kier alpha value is -2.77. The molecule has 1 unspecified atom stereocenters. The lowest BCUT2D eigenvalue weighted by molar-refractivity contribution is -0.137. The molecule has 4 amide bonds. The van der Waals surface area contributed by atoms with Crippen molar-refractivity contribution in [3.05, 3.63) is 23.8 Å². The maximum absolute atomic E-state index is 12.8. The zero-order valence-corrected chi connectivity index (χ0v) is 14.5. The van der Waals surface area contributed by atoms with E-state index in [1.165, 1.54) is 4.90 Å². The van der Waals surface area contributed by atoms with Crippen LogP contribution in [0.3, 0.4) is 0 Å². The third-order valence-electron chi connectivity index (χ3n) is 4.39. The quantitative estimate of drug-likeness (QED) is 0.814. The van der Waals surface area contributed by atoms with Crippen LogP contribution in [0, 0.1) is 0 Å². The van der Waals surface area contributed by atoms with Crippen LogP contribution >= 0.6 is 0 Å². The zero-order chi connectivity index (χ0) is 18.2. The largest absolute Gasteiger partial charge is 0.490 e. The summed E-state index contributed by atoms with van der Waals surface area (Å²) in [5.74, 6) is 0.357. The van der Waals surface area contributed by atoms with Gasteiger partial charge in [0.15, 0.2) is 11.5 Å². The molecule has 2 aliphatic rings. The fourth-order valence-corrected chi connectivity index (χ4v) is 2.79. The number of benzene rings is 1. The third-order valence-corrected chi connectivity index (χ3v) is 4.39. The minimum absolute atomic E-state index is 0.294. The number of fused-ring (bicyclic) bond motifs is 1. The molecule has 0 spiro atoms. The number of carbonyl (C=O) groups is 3. The molecule has 0 saturated carbocycles. The second kappa shape index (κ2) is 6.27. The maximum Gasteiger partial charge on any atom is 0.325 e. The van der Waals surface area contributed by atoms with E-state index in [4.69, 9.17) is 9.47 Å². The van der Waals surface area contributed by atoms with Gasteiger partial charge in [-0.1, -0.05) is 6.07 Å². The summed E-state index contributed by atoms with van der Waals surface area (Å²) < 4.78 is 11.2. The van der Waals surface area contributed by atoms with Crippen molar-refractivity contribution in [1.29, 1.82) is 0 Å². The highest BCUT2D eigenvalue weighted by molar-refractivity contribution is 6.09. The molecule has 1 saturated heterocycles. The summed E-state index contributed by atoms with van der Waals surface area (Å²) in [4.78, 5) is 39.2. The van der Waals surface area contributed by atoms with Crippen molar-refractivity contribution in [1.82, 2.24) is 15.1 Å². The summed E-state index contributed by atoms with van der Waals surface area (Å²) in [7, 11) is 3.15. The lowest BCUT2D eigenvalue weighted by atomic mass is 9.91. The molecule has 1 N–H and O–H groups in total. The summed E-state index contributed by atoms with van der Waals surface area (Å²) in [5, 5.41) is 2.68. The first-order valence-corrected chi connectivity index (χ1v) is 8.07. The topological polar surface area (TPSA) is 88.2 Å². The van der Waals surface area contributed by atoms with Gasteiger partial charge in [0.1, 0.15) is 12.1 Å². The van der Waals surface area contributed by atoms with Crippen molar-refractivity contribution in [3.8, 4) is 11.5 Å². The van der Waals surface area contributed by atoms with Crippen LogP contribution in [0.15, 0.2) is 18.2 Å². The number of hydrogen-bond acceptors (Lipinski definition) is 5. The average molecular weight is 347 g/mol. The molecule has 25 heavy (non-hydrogen) atoms. The predicted octanol–water partition coefficient (Wildman–Crippen LogP) is 0.703. The summed E-state index contributed by atoms with van der Waals surface area (Å²) >= 11 is 0. The van der Waals surface area contributed by atoms with Crippen molar-refractivity contribution in [2.75, 3.05) is 33.9 Å². The second-order valence-electron chi connectivity index (χ2n) is 6.45. The first-order valence-electron chi connectivity index (χ1n) is 8.07. The van der Waals surface area contributed by atoms with Gasteiger partial charge in [0, 0.05) is 20.5 Å². The molecular formula is C17H21N3O5. The standard InChI is InChI=1S/C17H21N3O5/c1-17(11-5-6-12-13(9-11)25-8-4-7-24-12)15(22)20(16(23)18-17)10-14(21)19(2)3/h5-6,9H,4,7-8,10H2,1-3H3,(H,18,23). The third kappa shape index (κ3) is 2.99. The van der Waals surface area contributed by atoms with Gasteiger partial charge in [-0.05, 0) is 24.6 Å². The number of carbonyl (C=O) groups excluding carboxylic acids is 3. The van der Waals surface area contributed by atoms with Crippen LogP contribution in [0.4, 0.5) is 4.79 Å². The summed E-state index contributed by atoms with van der Waals surface area (Å²) in [6.45, 7) is 2.42. The summed E-state index contributed by atoms with van der Waals surface area (Å²) in [5.41, 5.74) is -0.677. The lowest BCUT2D eigenvalue weighted by Crippen LogP contribution is -2.43. The van der Waals surface area contributed by atoms with E-state index in [1.54, 1.807) is 39.2 Å². The minimum Gasteiger partial charge on any atom is -0.490 e. The Morgan fingerprint density at radius 3 is 2.60 bits per heavy atom. The Kier molecular flexibility index (Phi) is 4.28. The number of imide groups is 1. The van der Waals surface area contributed by atoms with Gasteiger partial charge in [0.25, 0.3) is 5.91 Å². The Morgan fingerprint density at radius 1 is 1.24 bits per heavy atom. The Labute approximate surface area is 145 Å². The van der Waals surface area contributed by atoms with Gasteiger partial charge < -0.3 is 19.7 Å². The maximum atomic E-state index is 12.8. The number of amides is 4. The van der Waals surface area contributed by atoms with E-state index in [0.717, 1.165) is 11.3 Å². The molecule has 0 bridgehead atoms. The van der Waals surface area contributed by atoms with Gasteiger partial charge >= 0.3 is 6.03 Å². The predicted molar refractivity (Wildman–Crippen MR) is 88.3 cm³/mol. The molecule has 1 aromatic rings. The monoisotopic (exact) mass is 347 g/mol. The smallest absolute Gasteiger partial charge is 0.325 e. The van der Waals surface area contributed by atoms with Crippen LogP contribution in [0.2, 0.25) is 0 Å². The Bertz CT molecular complexity index is 733. The van der Waals surface area contributed by atoms with Crippen molar-refractivity contribution in [2.45, 2.75) is 18.9 Å². The highest BCUT2D eigenvalue weighted by Crippen LogP contribution is 2.36. The number of urea groups is 1. The molecule has 2 heterocycles. The molecule has 3 rings (SSSR count). The fraction of sp³-hybridized carbons (Fsp3) is 0.471. The normalized spacial score (nSPS) is 22.4. The first kappa shape index (κ1) is 17.1. The van der Waals surface area contributed by atoms with Crippen LogP contribution in [0.25, 0.3) is 0 Å². The van der Waals surface area contributed by atoms with Crippen LogP contribution in [-0.2, 0) is 15.1 Å². The van der Waals surface area contributed by atoms with E-state index in [-0.39, 0.29) is 12.5 Å². The zero-order valence-electron chi connectivity index (χ0n) is 14.5. The lowest BCUT2D eigenvalue weighted by Gasteiger charge is -2.23. The van der Waals surface area contributed by atoms with Crippen molar-refractivity contribution in [2.24, 2.45) is 0 Å². The number of nitrogens with zero attached hydrogens (tertiary/aromatic N) is 2. The van der Waals surface area contributed by atoms with E-state index in [2.05, 4.69) is 5.32 Å². The van der Waals surface area contributed by atoms with Crippen LogP contribution in [-0.4, -0.2) is 61.5 Å². The highest BCUT2D eigenvalue weighted by Gasteiger charge is 2.49. The average Bonchev–Trinajstić information content (AvgIpc) is 2.75. The summed E-state index contributed by atoms with van der Waals surface area (Å²) in [6, 6.07) is 4.57. The molecule has 0 aliphatic carbocycles. The van der Waals surface area contributed by atoms with E-state index in [1.807, 2.05) is 0 Å². The molecule has 1 atom stereocenters. The number of hydrogen-bond donors (Lipinski definition) is 1. The molecule has 1 aromatic carbocycles. The van der Waals surface area contributed by atoms with Gasteiger partial charge in [0.2, 0.25) is 5.91 Å². The van der Waals surface area contributed by atoms with E-state index < -0.39 is 17.5 Å². The number of likely N-dealkylation sites (N-methyl/N-ethyl adjacent to an activating group) is 1. The van der Waals surface area contributed by atoms with Gasteiger partial charge in [-0.3, -0.25) is 14.5 Å². The number of ether oxygens (including phenoxy) is 2. The highest BCUT2D eigenvalue weighted by atomic mass is 16.5. The van der Waals surface area contributed by atoms with Gasteiger partial charge in [-0.2, -0.15) is 0 Å². The van der Waals surface area contributed by atoms with Gasteiger partial charge in [0.05, 0.1) is 13.2 Å². The van der Waals surface area contributed by atoms with Gasteiger partial charge in [-0.25, -0.2) is 4.79 Å². The SMILES string of the molecule is CN(C)C(=O)CN1C(=O)NC(C)(c2ccc3c(c2)OCCCO3)C1=O. The molecule has 2 aliphatic heterocycles. The van der Waals surface area contributed by atoms with Crippen LogP contribution in [0.5, 0.6) is 11.5 Å². The molecular weight excluding hydrogens is 326 g/mol. The summed E-state index contributed by atoms with van der Waals surface area (Å²) in [6.07, 6.45) is 0.775. The van der Waals surface area contributed by atoms with Crippen molar-refractivity contribution < 1.29 is 23.9 Å². The Balaban J connectivity index is 1.89. The molecule has 8 nitrogen and oxygen atoms in total. The van der Waals surface area contributed by atoms with E-state index in [9.17, 15) is 14.4 Å². The number of rotatable bonds is 3. The second-order valence-corrected chi connectivity index (χ2v) is 6.45.